The van der Waals surface area contributed by atoms with Gasteiger partial charge in [-0.3, -0.25) is 9.78 Å². The lowest BCUT2D eigenvalue weighted by Crippen LogP contribution is -2.28. The first-order valence-corrected chi connectivity index (χ1v) is 8.69. The van der Waals surface area contributed by atoms with Crippen molar-refractivity contribution in [2.75, 3.05) is 0 Å². The Morgan fingerprint density at radius 1 is 1.23 bits per heavy atom. The molecule has 3 rings (SSSR count). The molecule has 5 heteroatoms. The van der Waals surface area contributed by atoms with E-state index in [2.05, 4.69) is 10.3 Å². The van der Waals surface area contributed by atoms with Crippen LogP contribution in [0, 0.1) is 13.8 Å². The van der Waals surface area contributed by atoms with Crippen molar-refractivity contribution < 1.29 is 9.21 Å². The summed E-state index contributed by atoms with van der Waals surface area (Å²) in [4.78, 5) is 28.8. The van der Waals surface area contributed by atoms with Gasteiger partial charge in [-0.15, -0.1) is 0 Å². The van der Waals surface area contributed by atoms with Crippen molar-refractivity contribution in [2.45, 2.75) is 39.7 Å². The predicted molar refractivity (Wildman–Crippen MR) is 101 cm³/mol. The minimum Gasteiger partial charge on any atom is -0.423 e. The highest BCUT2D eigenvalue weighted by Crippen LogP contribution is 2.21. The second-order valence-electron chi connectivity index (χ2n) is 6.54. The summed E-state index contributed by atoms with van der Waals surface area (Å²) in [5.74, 6) is -0.119. The Morgan fingerprint density at radius 3 is 2.77 bits per heavy atom. The molecule has 1 N–H and O–H groups in total. The number of rotatable bonds is 5. The van der Waals surface area contributed by atoms with Gasteiger partial charge < -0.3 is 9.73 Å². The van der Waals surface area contributed by atoms with Gasteiger partial charge in [0.2, 0.25) is 5.91 Å². The number of hydrogen-bond acceptors (Lipinski definition) is 4. The average Bonchev–Trinajstić information content (AvgIpc) is 2.61. The first-order valence-electron chi connectivity index (χ1n) is 8.69. The van der Waals surface area contributed by atoms with Crippen LogP contribution in [0.4, 0.5) is 0 Å². The third-order valence-corrected chi connectivity index (χ3v) is 4.55. The number of carbonyl (C=O) groups is 1. The third-order valence-electron chi connectivity index (χ3n) is 4.55. The monoisotopic (exact) mass is 350 g/mol. The molecule has 5 nitrogen and oxygen atoms in total. The Hall–Kier alpha value is -2.95. The van der Waals surface area contributed by atoms with Crippen molar-refractivity contribution in [3.8, 4) is 0 Å². The zero-order valence-corrected chi connectivity index (χ0v) is 15.2. The quantitative estimate of drug-likeness (QED) is 0.714. The van der Waals surface area contributed by atoms with Gasteiger partial charge in [0, 0.05) is 23.6 Å². The lowest BCUT2D eigenvalue weighted by Gasteiger charge is -2.13. The molecule has 0 fully saturated rings. The van der Waals surface area contributed by atoms with Crippen LogP contribution in [0.2, 0.25) is 0 Å². The van der Waals surface area contributed by atoms with Gasteiger partial charge in [-0.05, 0) is 56.5 Å². The Bertz CT molecular complexity index is 993. The summed E-state index contributed by atoms with van der Waals surface area (Å²) in [6.07, 6.45) is 2.27. The van der Waals surface area contributed by atoms with E-state index in [0.717, 1.165) is 22.2 Å². The lowest BCUT2D eigenvalue weighted by atomic mass is 10.0. The van der Waals surface area contributed by atoms with Crippen molar-refractivity contribution in [1.82, 2.24) is 10.3 Å². The molecule has 1 atom stereocenters. The molecule has 0 aliphatic heterocycles. The smallest absolute Gasteiger partial charge is 0.339 e. The second-order valence-corrected chi connectivity index (χ2v) is 6.54. The first-order chi connectivity index (χ1) is 12.5. The van der Waals surface area contributed by atoms with E-state index < -0.39 is 0 Å². The summed E-state index contributed by atoms with van der Waals surface area (Å²) in [7, 11) is 0. The number of aromatic nitrogens is 1. The van der Waals surface area contributed by atoms with E-state index in [-0.39, 0.29) is 24.0 Å². The number of fused-ring (bicyclic) bond motifs is 1. The molecule has 1 unspecified atom stereocenters. The van der Waals surface area contributed by atoms with Gasteiger partial charge in [0.1, 0.15) is 5.58 Å². The molecular formula is C21H22N2O3. The van der Waals surface area contributed by atoms with Gasteiger partial charge in [0.15, 0.2) is 0 Å². The van der Waals surface area contributed by atoms with Gasteiger partial charge in [-0.1, -0.05) is 18.2 Å². The van der Waals surface area contributed by atoms with E-state index >= 15 is 0 Å². The van der Waals surface area contributed by atoms with Crippen molar-refractivity contribution in [2.24, 2.45) is 0 Å². The van der Waals surface area contributed by atoms with Crippen LogP contribution in [-0.2, 0) is 11.2 Å². The number of hydrogen-bond donors (Lipinski definition) is 1. The van der Waals surface area contributed by atoms with Gasteiger partial charge in [0.25, 0.3) is 0 Å². The molecule has 0 aliphatic carbocycles. The number of pyridine rings is 1. The van der Waals surface area contributed by atoms with Crippen molar-refractivity contribution in [1.29, 1.82) is 0 Å². The molecular weight excluding hydrogens is 328 g/mol. The summed E-state index contributed by atoms with van der Waals surface area (Å²) < 4.78 is 5.44. The highest BCUT2D eigenvalue weighted by atomic mass is 16.4. The fraction of sp³-hybridized carbons (Fsp3) is 0.286. The molecule has 0 radical (unpaired) electrons. The molecule has 2 aromatic heterocycles. The largest absolute Gasteiger partial charge is 0.423 e. The maximum absolute atomic E-state index is 12.3. The van der Waals surface area contributed by atoms with Gasteiger partial charge in [-0.25, -0.2) is 4.79 Å². The topological polar surface area (TPSA) is 72.2 Å². The molecule has 0 bridgehead atoms. The number of aryl methyl sites for hydroxylation is 2. The number of benzene rings is 1. The maximum atomic E-state index is 12.3. The van der Waals surface area contributed by atoms with Crippen LogP contribution >= 0.6 is 0 Å². The summed E-state index contributed by atoms with van der Waals surface area (Å²) >= 11 is 0. The van der Waals surface area contributed by atoms with Crippen LogP contribution in [0.25, 0.3) is 11.0 Å². The third kappa shape index (κ3) is 3.82. The van der Waals surface area contributed by atoms with Crippen LogP contribution in [0.1, 0.15) is 41.8 Å². The minimum atomic E-state index is -0.369. The van der Waals surface area contributed by atoms with Crippen LogP contribution in [0.3, 0.4) is 0 Å². The van der Waals surface area contributed by atoms with E-state index in [1.54, 1.807) is 6.20 Å². The normalized spacial score (nSPS) is 12.1. The number of nitrogens with one attached hydrogen (secondary N) is 1. The van der Waals surface area contributed by atoms with E-state index in [0.29, 0.717) is 17.6 Å². The predicted octanol–water partition coefficient (Wildman–Crippen LogP) is 3.61. The molecule has 0 saturated heterocycles. The van der Waals surface area contributed by atoms with Crippen molar-refractivity contribution in [3.63, 3.8) is 0 Å². The van der Waals surface area contributed by atoms with Gasteiger partial charge >= 0.3 is 5.63 Å². The molecule has 26 heavy (non-hydrogen) atoms. The number of nitrogens with zero attached hydrogens (tertiary/aromatic N) is 1. The standard InChI is InChI=1S/C21H22N2O3/c1-13-7-8-16-14(2)17(21(25)26-19(16)12-13)9-10-20(24)23-15(3)18-6-4-5-11-22-18/h4-8,11-12,15H,9-10H2,1-3H3,(H,23,24). The zero-order chi connectivity index (χ0) is 18.7. The average molecular weight is 350 g/mol. The Kier molecular flexibility index (Phi) is 5.16. The van der Waals surface area contributed by atoms with Crippen LogP contribution < -0.4 is 10.9 Å². The molecule has 1 amide bonds. The fourth-order valence-electron chi connectivity index (χ4n) is 3.05. The Morgan fingerprint density at radius 2 is 2.04 bits per heavy atom. The number of carbonyl (C=O) groups excluding carboxylic acids is 1. The fourth-order valence-corrected chi connectivity index (χ4v) is 3.05. The van der Waals surface area contributed by atoms with Crippen LogP contribution in [0.15, 0.2) is 51.8 Å². The van der Waals surface area contributed by atoms with Crippen LogP contribution in [0.5, 0.6) is 0 Å². The minimum absolute atomic E-state index is 0.119. The highest BCUT2D eigenvalue weighted by Gasteiger charge is 2.15. The highest BCUT2D eigenvalue weighted by molar-refractivity contribution is 5.82. The Balaban J connectivity index is 1.72. The van der Waals surface area contributed by atoms with Crippen molar-refractivity contribution >= 4 is 16.9 Å². The van der Waals surface area contributed by atoms with E-state index in [1.165, 1.54) is 0 Å². The molecule has 1 aromatic carbocycles. The summed E-state index contributed by atoms with van der Waals surface area (Å²) in [6, 6.07) is 11.2. The maximum Gasteiger partial charge on any atom is 0.339 e. The molecule has 0 spiro atoms. The molecule has 2 heterocycles. The zero-order valence-electron chi connectivity index (χ0n) is 15.2. The second kappa shape index (κ2) is 7.52. The summed E-state index contributed by atoms with van der Waals surface area (Å²) in [6.45, 7) is 5.74. The van der Waals surface area contributed by atoms with Crippen LogP contribution in [-0.4, -0.2) is 10.9 Å². The SMILES string of the molecule is Cc1ccc2c(C)c(CCC(=O)NC(C)c3ccccn3)c(=O)oc2c1. The molecule has 0 saturated carbocycles. The summed E-state index contributed by atoms with van der Waals surface area (Å²) in [5.41, 5.74) is 3.49. The van der Waals surface area contributed by atoms with Gasteiger partial charge in [-0.2, -0.15) is 0 Å². The van der Waals surface area contributed by atoms with Gasteiger partial charge in [0.05, 0.1) is 11.7 Å². The molecule has 0 aliphatic rings. The van der Waals surface area contributed by atoms with E-state index in [4.69, 9.17) is 4.42 Å². The van der Waals surface area contributed by atoms with E-state index in [1.807, 2.05) is 57.2 Å². The summed E-state index contributed by atoms with van der Waals surface area (Å²) in [5, 5.41) is 3.83. The molecule has 3 aromatic rings. The van der Waals surface area contributed by atoms with E-state index in [9.17, 15) is 9.59 Å². The lowest BCUT2D eigenvalue weighted by molar-refractivity contribution is -0.121. The van der Waals surface area contributed by atoms with Crippen molar-refractivity contribution in [3.05, 3.63) is 75.4 Å². The molecule has 134 valence electrons. The first kappa shape index (κ1) is 17.9. The number of amides is 1. The Labute approximate surface area is 152 Å².